The second kappa shape index (κ2) is 7.74. The van der Waals surface area contributed by atoms with Gasteiger partial charge in [0, 0.05) is 31.6 Å². The molecule has 4 nitrogen and oxygen atoms in total. The molecule has 0 bridgehead atoms. The zero-order chi connectivity index (χ0) is 21.8. The van der Waals surface area contributed by atoms with Crippen molar-refractivity contribution < 1.29 is 19.1 Å². The van der Waals surface area contributed by atoms with Gasteiger partial charge >= 0.3 is 5.97 Å². The van der Waals surface area contributed by atoms with Crippen LogP contribution in [0.5, 0.6) is 0 Å². The third-order valence-electron chi connectivity index (χ3n) is 10.3. The molecular weight excluding hydrogens is 376 g/mol. The normalized spacial score (nSPS) is 46.6. The molecule has 0 radical (unpaired) electrons. The number of Topliss-reactive ketones (excluding diaryl/α,β-unsaturated/α-hetero) is 2. The molecule has 4 aliphatic carbocycles. The second-order valence-electron chi connectivity index (χ2n) is 11.5. The van der Waals surface area contributed by atoms with Crippen molar-refractivity contribution in [3.63, 3.8) is 0 Å². The molecule has 0 aromatic carbocycles. The van der Waals surface area contributed by atoms with Gasteiger partial charge in [0.15, 0.2) is 0 Å². The van der Waals surface area contributed by atoms with Crippen molar-refractivity contribution in [2.75, 3.05) is 6.61 Å². The number of hydrogen-bond donors (Lipinski definition) is 0. The van der Waals surface area contributed by atoms with Crippen LogP contribution in [0.3, 0.4) is 0 Å². The van der Waals surface area contributed by atoms with Crippen molar-refractivity contribution in [2.45, 2.75) is 86.0 Å². The van der Waals surface area contributed by atoms with Crippen molar-refractivity contribution in [1.29, 1.82) is 0 Å². The third-order valence-corrected chi connectivity index (χ3v) is 10.3. The first-order chi connectivity index (χ1) is 14.1. The van der Waals surface area contributed by atoms with Crippen molar-refractivity contribution in [3.05, 3.63) is 0 Å². The molecule has 168 valence electrons. The lowest BCUT2D eigenvalue weighted by Gasteiger charge is -2.61. The Hall–Kier alpha value is -1.19. The number of fused-ring (bicyclic) bond motifs is 5. The largest absolute Gasteiger partial charge is 0.466 e. The fraction of sp³-hybridized carbons (Fsp3) is 0.885. The van der Waals surface area contributed by atoms with Gasteiger partial charge in [-0.05, 0) is 78.9 Å². The van der Waals surface area contributed by atoms with Crippen LogP contribution in [0.1, 0.15) is 86.0 Å². The highest BCUT2D eigenvalue weighted by Gasteiger charge is 2.65. The molecule has 4 rings (SSSR count). The molecule has 0 spiro atoms. The number of rotatable bonds is 4. The number of esters is 1. The van der Waals surface area contributed by atoms with E-state index in [0.29, 0.717) is 54.7 Å². The van der Waals surface area contributed by atoms with Gasteiger partial charge in [-0.25, -0.2) is 0 Å². The Labute approximate surface area is 181 Å². The number of carbonyl (C=O) groups is 3. The summed E-state index contributed by atoms with van der Waals surface area (Å²) in [5.74, 6) is 2.82. The Morgan fingerprint density at radius 1 is 1.07 bits per heavy atom. The highest BCUT2D eigenvalue weighted by Crippen LogP contribution is 2.68. The molecule has 4 aliphatic rings. The van der Waals surface area contributed by atoms with Crippen LogP contribution < -0.4 is 0 Å². The molecule has 0 aromatic heterocycles. The first-order valence-electron chi connectivity index (χ1n) is 12.3. The van der Waals surface area contributed by atoms with Crippen LogP contribution >= 0.6 is 0 Å². The Morgan fingerprint density at radius 2 is 1.77 bits per heavy atom. The zero-order valence-electron chi connectivity index (χ0n) is 19.5. The van der Waals surface area contributed by atoms with E-state index in [9.17, 15) is 14.4 Å². The topological polar surface area (TPSA) is 60.4 Å². The summed E-state index contributed by atoms with van der Waals surface area (Å²) >= 11 is 0. The molecule has 0 amide bonds. The maximum atomic E-state index is 13.9. The van der Waals surface area contributed by atoms with E-state index in [-0.39, 0.29) is 34.6 Å². The molecule has 0 saturated heterocycles. The van der Waals surface area contributed by atoms with Crippen LogP contribution in [0.2, 0.25) is 0 Å². The van der Waals surface area contributed by atoms with Gasteiger partial charge in [0.05, 0.1) is 6.61 Å². The van der Waals surface area contributed by atoms with E-state index >= 15 is 0 Å². The van der Waals surface area contributed by atoms with Gasteiger partial charge in [-0.1, -0.05) is 27.7 Å². The Kier molecular flexibility index (Phi) is 5.68. The summed E-state index contributed by atoms with van der Waals surface area (Å²) in [6, 6.07) is 0. The minimum absolute atomic E-state index is 0.0559. The second-order valence-corrected chi connectivity index (χ2v) is 11.5. The number of ether oxygens (including phenoxy) is 1. The molecular formula is C26H40O4. The molecule has 4 fully saturated rings. The lowest BCUT2D eigenvalue weighted by Crippen LogP contribution is -2.60. The van der Waals surface area contributed by atoms with Crippen molar-refractivity contribution in [1.82, 2.24) is 0 Å². The fourth-order valence-electron chi connectivity index (χ4n) is 8.78. The monoisotopic (exact) mass is 416 g/mol. The third kappa shape index (κ3) is 3.19. The van der Waals surface area contributed by atoms with Crippen molar-refractivity contribution in [2.24, 2.45) is 52.3 Å². The van der Waals surface area contributed by atoms with Gasteiger partial charge in [0.25, 0.3) is 0 Å². The summed E-state index contributed by atoms with van der Waals surface area (Å²) in [7, 11) is 0. The number of ketones is 2. The molecule has 9 atom stereocenters. The molecule has 0 heterocycles. The standard InChI is InChI=1S/C26H40O4/c1-6-18-22-13-17(28)9-11-26(22,5)21-10-12-25(4)19(15(2)14-30-16(3)27)7-8-20(25)23(21)24(18)29/h15,18-23H,6-14H2,1-5H3/t15-,18-,19-,20?,21?,22?,23?,25-,26?/m1/s1. The van der Waals surface area contributed by atoms with Crippen LogP contribution in [0, 0.1) is 52.3 Å². The molecule has 4 heteroatoms. The van der Waals surface area contributed by atoms with Gasteiger partial charge in [0.2, 0.25) is 0 Å². The van der Waals surface area contributed by atoms with E-state index in [4.69, 9.17) is 4.74 Å². The zero-order valence-corrected chi connectivity index (χ0v) is 19.5. The Balaban J connectivity index is 1.63. The van der Waals surface area contributed by atoms with Gasteiger partial charge in [-0.2, -0.15) is 0 Å². The summed E-state index contributed by atoms with van der Waals surface area (Å²) in [4.78, 5) is 37.5. The quantitative estimate of drug-likeness (QED) is 0.589. The van der Waals surface area contributed by atoms with Crippen LogP contribution in [0.4, 0.5) is 0 Å². The van der Waals surface area contributed by atoms with Crippen LogP contribution in [-0.2, 0) is 19.1 Å². The highest BCUT2D eigenvalue weighted by atomic mass is 16.5. The Bertz CT molecular complexity index is 729. The predicted molar refractivity (Wildman–Crippen MR) is 116 cm³/mol. The van der Waals surface area contributed by atoms with Gasteiger partial charge < -0.3 is 4.74 Å². The summed E-state index contributed by atoms with van der Waals surface area (Å²) < 4.78 is 5.36. The van der Waals surface area contributed by atoms with E-state index in [1.165, 1.54) is 6.92 Å². The molecule has 4 saturated carbocycles. The number of carbonyl (C=O) groups excluding carboxylic acids is 3. The Morgan fingerprint density at radius 3 is 2.43 bits per heavy atom. The van der Waals surface area contributed by atoms with Gasteiger partial charge in [0.1, 0.15) is 11.6 Å². The van der Waals surface area contributed by atoms with Crippen molar-refractivity contribution >= 4 is 17.5 Å². The summed E-state index contributed by atoms with van der Waals surface area (Å²) in [6.45, 7) is 11.2. The smallest absolute Gasteiger partial charge is 0.302 e. The lowest BCUT2D eigenvalue weighted by molar-refractivity contribution is -0.170. The summed E-state index contributed by atoms with van der Waals surface area (Å²) in [6.07, 6.45) is 7.68. The molecule has 30 heavy (non-hydrogen) atoms. The number of hydrogen-bond acceptors (Lipinski definition) is 4. The molecule has 0 N–H and O–H groups in total. The minimum atomic E-state index is -0.204. The lowest BCUT2D eigenvalue weighted by atomic mass is 9.42. The fourth-order valence-corrected chi connectivity index (χ4v) is 8.78. The van der Waals surface area contributed by atoms with Gasteiger partial charge in [-0.15, -0.1) is 0 Å². The van der Waals surface area contributed by atoms with E-state index in [2.05, 4.69) is 27.7 Å². The summed E-state index contributed by atoms with van der Waals surface area (Å²) in [5.41, 5.74) is 0.290. The van der Waals surface area contributed by atoms with E-state index in [1.807, 2.05) is 0 Å². The molecule has 0 aromatic rings. The summed E-state index contributed by atoms with van der Waals surface area (Å²) in [5, 5.41) is 0. The molecule has 0 aliphatic heterocycles. The first-order valence-corrected chi connectivity index (χ1v) is 12.3. The minimum Gasteiger partial charge on any atom is -0.466 e. The van der Waals surface area contributed by atoms with Crippen LogP contribution in [-0.4, -0.2) is 24.1 Å². The highest BCUT2D eigenvalue weighted by molar-refractivity contribution is 5.88. The van der Waals surface area contributed by atoms with Gasteiger partial charge in [-0.3, -0.25) is 14.4 Å². The maximum absolute atomic E-state index is 13.9. The van der Waals surface area contributed by atoms with Crippen molar-refractivity contribution in [3.8, 4) is 0 Å². The average molecular weight is 417 g/mol. The van der Waals surface area contributed by atoms with Crippen LogP contribution in [0.25, 0.3) is 0 Å². The van der Waals surface area contributed by atoms with E-state index in [0.717, 1.165) is 38.5 Å². The van der Waals surface area contributed by atoms with E-state index < -0.39 is 0 Å². The van der Waals surface area contributed by atoms with Crippen LogP contribution in [0.15, 0.2) is 0 Å². The average Bonchev–Trinajstić information content (AvgIpc) is 3.05. The SMILES string of the molecule is CC[C@H]1C(=O)C2C(CC[C@@]3(C)C2CC[C@@H]3[C@H](C)COC(C)=O)C2(C)CCC(=O)CC12. The molecule has 5 unspecified atom stereocenters. The predicted octanol–water partition coefficient (Wildman–Crippen LogP) is 5.23. The van der Waals surface area contributed by atoms with E-state index in [1.54, 1.807) is 0 Å². The first kappa shape index (κ1) is 22.0. The maximum Gasteiger partial charge on any atom is 0.302 e.